The fourth-order valence-corrected chi connectivity index (χ4v) is 6.50. The number of likely N-dealkylation sites (N-methyl/N-ethyl adjacent to an activating group) is 1. The maximum absolute atomic E-state index is 15.1. The van der Waals surface area contributed by atoms with Gasteiger partial charge in [0.05, 0.1) is 33.3 Å². The minimum Gasteiger partial charge on any atom is -0.507 e. The van der Waals surface area contributed by atoms with Crippen molar-refractivity contribution in [1.82, 2.24) is 14.5 Å². The highest BCUT2D eigenvalue weighted by molar-refractivity contribution is 6.34. The Hall–Kier alpha value is -3.98. The molecule has 10 heteroatoms. The second-order valence-electron chi connectivity index (χ2n) is 11.4. The molecule has 41 heavy (non-hydrogen) atoms. The number of carbonyl (C=O) groups excluding carboxylic acids is 1. The molecule has 2 aliphatic heterocycles. The monoisotopic (exact) mass is 575 g/mol. The van der Waals surface area contributed by atoms with Crippen molar-refractivity contribution in [2.45, 2.75) is 52.5 Å². The van der Waals surface area contributed by atoms with Gasteiger partial charge in [-0.15, -0.1) is 0 Å². The van der Waals surface area contributed by atoms with E-state index < -0.39 is 17.4 Å². The summed E-state index contributed by atoms with van der Waals surface area (Å²) in [7, 11) is 1.63. The van der Waals surface area contributed by atoms with Crippen molar-refractivity contribution in [3.05, 3.63) is 69.0 Å². The lowest BCUT2D eigenvalue weighted by Crippen LogP contribution is -2.57. The Bertz CT molecular complexity index is 1780. The minimum absolute atomic E-state index is 0.0132. The average Bonchev–Trinajstić information content (AvgIpc) is 2.92. The van der Waals surface area contributed by atoms with E-state index in [0.717, 1.165) is 12.0 Å². The largest absolute Gasteiger partial charge is 0.507 e. The number of hydrogen-bond acceptors (Lipinski definition) is 6. The number of aromatic nitrogens is 3. The number of anilines is 2. The van der Waals surface area contributed by atoms with Crippen LogP contribution in [0.2, 0.25) is 5.02 Å². The van der Waals surface area contributed by atoms with Crippen LogP contribution in [0.1, 0.15) is 50.8 Å². The van der Waals surface area contributed by atoms with Crippen LogP contribution in [0, 0.1) is 18.7 Å². The third kappa shape index (κ3) is 4.09. The molecule has 5 heterocycles. The second-order valence-corrected chi connectivity index (χ2v) is 11.8. The first-order chi connectivity index (χ1) is 19.5. The van der Waals surface area contributed by atoms with Crippen LogP contribution in [0.25, 0.3) is 28.0 Å². The van der Waals surface area contributed by atoms with Gasteiger partial charge in [-0.3, -0.25) is 19.1 Å². The maximum atomic E-state index is 15.1. The normalized spacial score (nSPS) is 18.7. The van der Waals surface area contributed by atoms with E-state index in [4.69, 9.17) is 16.6 Å². The van der Waals surface area contributed by atoms with E-state index in [0.29, 0.717) is 41.3 Å². The highest BCUT2D eigenvalue weighted by Crippen LogP contribution is 2.45. The highest BCUT2D eigenvalue weighted by Gasteiger charge is 2.43. The molecule has 0 spiro atoms. The van der Waals surface area contributed by atoms with Crippen LogP contribution in [0.4, 0.5) is 15.8 Å². The Morgan fingerprint density at radius 1 is 1.12 bits per heavy atom. The van der Waals surface area contributed by atoms with Gasteiger partial charge in [0.15, 0.2) is 5.65 Å². The molecule has 1 saturated heterocycles. The highest BCUT2D eigenvalue weighted by atomic mass is 35.5. The van der Waals surface area contributed by atoms with Gasteiger partial charge >= 0.3 is 0 Å². The Kier molecular flexibility index (Phi) is 6.53. The Morgan fingerprint density at radius 3 is 2.59 bits per heavy atom. The second kappa shape index (κ2) is 9.83. The van der Waals surface area contributed by atoms with E-state index in [1.165, 1.54) is 27.7 Å². The van der Waals surface area contributed by atoms with Gasteiger partial charge in [0.2, 0.25) is 5.91 Å². The van der Waals surface area contributed by atoms with E-state index in [2.05, 4.69) is 11.9 Å². The lowest BCUT2D eigenvalue weighted by atomic mass is 9.90. The van der Waals surface area contributed by atoms with Gasteiger partial charge < -0.3 is 14.9 Å². The van der Waals surface area contributed by atoms with Gasteiger partial charge in [0, 0.05) is 25.2 Å². The van der Waals surface area contributed by atoms with Crippen LogP contribution < -0.4 is 15.4 Å². The summed E-state index contributed by atoms with van der Waals surface area (Å²) in [4.78, 5) is 41.2. The molecule has 212 valence electrons. The summed E-state index contributed by atoms with van der Waals surface area (Å²) in [5.74, 6) is -0.884. The number of benzene rings is 1. The van der Waals surface area contributed by atoms with Crippen molar-refractivity contribution in [3.8, 4) is 22.7 Å². The van der Waals surface area contributed by atoms with Gasteiger partial charge in [-0.05, 0) is 61.4 Å². The van der Waals surface area contributed by atoms with Crippen LogP contribution >= 0.6 is 11.6 Å². The lowest BCUT2D eigenvalue weighted by Gasteiger charge is -2.46. The Morgan fingerprint density at radius 2 is 1.88 bits per heavy atom. The average molecular weight is 576 g/mol. The molecule has 4 aromatic rings. The molecule has 0 aliphatic carbocycles. The van der Waals surface area contributed by atoms with Gasteiger partial charge in [-0.25, -0.2) is 9.37 Å². The zero-order chi connectivity index (χ0) is 29.3. The van der Waals surface area contributed by atoms with Gasteiger partial charge in [-0.1, -0.05) is 38.4 Å². The Labute approximate surface area is 242 Å². The van der Waals surface area contributed by atoms with Crippen molar-refractivity contribution >= 4 is 39.9 Å². The zero-order valence-electron chi connectivity index (χ0n) is 23.6. The van der Waals surface area contributed by atoms with Crippen molar-refractivity contribution in [1.29, 1.82) is 0 Å². The predicted molar refractivity (Wildman–Crippen MR) is 159 cm³/mol. The van der Waals surface area contributed by atoms with Crippen molar-refractivity contribution in [2.24, 2.45) is 5.92 Å². The molecule has 0 radical (unpaired) electrons. The molecule has 0 unspecified atom stereocenters. The number of fused-ring (bicyclic) bond motifs is 5. The van der Waals surface area contributed by atoms with Crippen LogP contribution in [0.15, 0.2) is 41.3 Å². The number of phenolic OH excluding ortho intramolecular Hbond substituents is 1. The van der Waals surface area contributed by atoms with E-state index in [1.807, 2.05) is 31.7 Å². The maximum Gasteiger partial charge on any atom is 0.283 e. The first-order valence-electron chi connectivity index (χ1n) is 13.8. The summed E-state index contributed by atoms with van der Waals surface area (Å²) in [5.41, 5.74) is 2.51. The standard InChI is InChI=1S/C31H31ClFN5O3/c1-15(2)24-26(17(4)11-12-34-24)38-29-18(13-19(32)25(35-29)23-20(33)7-6-8-22(23)39)27-28(31(38)41)36(5)30(40)21-10-9-16(3)14-37(21)27/h6-8,11-13,15-16,21,39H,9-10,14H2,1-5H3/t16-,21+/m0/s1. The van der Waals surface area contributed by atoms with E-state index in [-0.39, 0.29) is 45.2 Å². The number of phenols is 1. The van der Waals surface area contributed by atoms with Gasteiger partial charge in [0.25, 0.3) is 5.56 Å². The van der Waals surface area contributed by atoms with E-state index in [9.17, 15) is 14.7 Å². The molecule has 3 aromatic heterocycles. The summed E-state index contributed by atoms with van der Waals surface area (Å²) in [6, 6.07) is 7.05. The molecular formula is C31H31ClFN5O3. The van der Waals surface area contributed by atoms with Crippen LogP contribution in [0.3, 0.4) is 0 Å². The quantitative estimate of drug-likeness (QED) is 0.324. The molecule has 0 bridgehead atoms. The van der Waals surface area contributed by atoms with Crippen molar-refractivity contribution in [3.63, 3.8) is 0 Å². The molecule has 1 amide bonds. The number of aromatic hydroxyl groups is 1. The summed E-state index contributed by atoms with van der Waals surface area (Å²) in [5, 5.41) is 11.3. The summed E-state index contributed by atoms with van der Waals surface area (Å²) < 4.78 is 16.6. The van der Waals surface area contributed by atoms with Crippen molar-refractivity contribution in [2.75, 3.05) is 23.4 Å². The number of halogens is 2. The smallest absolute Gasteiger partial charge is 0.283 e. The number of rotatable bonds is 3. The SMILES string of the molecule is Cc1ccnc(C(C)C)c1-n1c(=O)c2c(c3cc(Cl)c(-c4c(O)cccc4F)nc31)N1C[C@@H](C)CC[C@@H]1C(=O)N2C. The molecule has 1 fully saturated rings. The van der Waals surface area contributed by atoms with E-state index in [1.54, 1.807) is 19.3 Å². The molecule has 0 saturated carbocycles. The summed E-state index contributed by atoms with van der Waals surface area (Å²) in [6.07, 6.45) is 3.26. The van der Waals surface area contributed by atoms with Gasteiger partial charge in [-0.2, -0.15) is 0 Å². The lowest BCUT2D eigenvalue weighted by molar-refractivity contribution is -0.120. The molecule has 6 rings (SSSR count). The number of hydrogen-bond donors (Lipinski definition) is 1. The van der Waals surface area contributed by atoms with Crippen LogP contribution in [-0.4, -0.2) is 45.2 Å². The minimum atomic E-state index is -0.693. The third-order valence-electron chi connectivity index (χ3n) is 8.26. The summed E-state index contributed by atoms with van der Waals surface area (Å²) in [6.45, 7) is 8.57. The first-order valence-corrected chi connectivity index (χ1v) is 14.2. The van der Waals surface area contributed by atoms with Crippen LogP contribution in [-0.2, 0) is 4.79 Å². The van der Waals surface area contributed by atoms with Crippen LogP contribution in [0.5, 0.6) is 5.75 Å². The summed E-state index contributed by atoms with van der Waals surface area (Å²) >= 11 is 6.81. The molecule has 1 aromatic carbocycles. The molecule has 8 nitrogen and oxygen atoms in total. The number of piperidine rings is 1. The molecular weight excluding hydrogens is 545 g/mol. The zero-order valence-corrected chi connectivity index (χ0v) is 24.3. The van der Waals surface area contributed by atoms with Crippen molar-refractivity contribution < 1.29 is 14.3 Å². The number of carbonyl (C=O) groups is 1. The van der Waals surface area contributed by atoms with E-state index >= 15 is 4.39 Å². The number of pyridine rings is 3. The number of aryl methyl sites for hydroxylation is 1. The molecule has 2 aliphatic rings. The fraction of sp³-hybridized carbons (Fsp3) is 0.355. The third-order valence-corrected chi connectivity index (χ3v) is 8.55. The predicted octanol–water partition coefficient (Wildman–Crippen LogP) is 5.96. The number of amides is 1. The molecule has 2 atom stereocenters. The number of nitrogens with zero attached hydrogens (tertiary/aromatic N) is 5. The topological polar surface area (TPSA) is 91.6 Å². The Balaban J connectivity index is 1.82. The fourth-order valence-electron chi connectivity index (χ4n) is 6.25. The first kappa shape index (κ1) is 27.2. The molecule has 1 N–H and O–H groups in total. The van der Waals surface area contributed by atoms with Gasteiger partial charge in [0.1, 0.15) is 23.3 Å².